The predicted octanol–water partition coefficient (Wildman–Crippen LogP) is 3.02. The second-order valence-electron chi connectivity index (χ2n) is 4.18. The van der Waals surface area contributed by atoms with E-state index in [1.165, 1.54) is 0 Å². The highest BCUT2D eigenvalue weighted by Gasteiger charge is 2.15. The van der Waals surface area contributed by atoms with Crippen molar-refractivity contribution in [2.24, 2.45) is 0 Å². The maximum Gasteiger partial charge on any atom is 0.203 e. The molecular weight excluding hydrogens is 266 g/mol. The van der Waals surface area contributed by atoms with Crippen LogP contribution in [0.3, 0.4) is 0 Å². The quantitative estimate of drug-likeness (QED) is 0.837. The summed E-state index contributed by atoms with van der Waals surface area (Å²) in [6, 6.07) is 4.37. The van der Waals surface area contributed by atoms with Gasteiger partial charge in [-0.1, -0.05) is 13.0 Å². The first kappa shape index (κ1) is 17.9. The standard InChI is InChI=1S/C14H23NO3.ClH/c1-6-10(2)15-9-11-7-8-12(16-3)14(18-5)13(11)17-4;/h7-8,10,15H,6,9H2,1-5H3;1H. The second-order valence-corrected chi connectivity index (χ2v) is 4.18. The molecule has 19 heavy (non-hydrogen) atoms. The summed E-state index contributed by atoms with van der Waals surface area (Å²) in [7, 11) is 4.88. The molecule has 0 aromatic heterocycles. The molecule has 0 bridgehead atoms. The van der Waals surface area contributed by atoms with Crippen LogP contribution in [0.2, 0.25) is 0 Å². The summed E-state index contributed by atoms with van der Waals surface area (Å²) in [5, 5.41) is 3.44. The summed E-state index contributed by atoms with van der Waals surface area (Å²) in [6.07, 6.45) is 1.09. The van der Waals surface area contributed by atoms with Gasteiger partial charge in [0.15, 0.2) is 11.5 Å². The highest BCUT2D eigenvalue weighted by molar-refractivity contribution is 5.85. The Kier molecular flexibility index (Phi) is 8.35. The van der Waals surface area contributed by atoms with Crippen LogP contribution in [0.25, 0.3) is 0 Å². The van der Waals surface area contributed by atoms with Crippen LogP contribution >= 0.6 is 12.4 Å². The largest absolute Gasteiger partial charge is 0.493 e. The molecule has 0 fully saturated rings. The van der Waals surface area contributed by atoms with Gasteiger partial charge in [0.05, 0.1) is 21.3 Å². The number of nitrogens with one attached hydrogen (secondary N) is 1. The zero-order chi connectivity index (χ0) is 13.5. The number of methoxy groups -OCH3 is 3. The number of benzene rings is 1. The first-order valence-corrected chi connectivity index (χ1v) is 6.19. The Labute approximate surface area is 121 Å². The van der Waals surface area contributed by atoms with Crippen LogP contribution in [0.4, 0.5) is 0 Å². The molecule has 1 rings (SSSR count). The molecule has 0 spiro atoms. The van der Waals surface area contributed by atoms with E-state index in [-0.39, 0.29) is 12.4 Å². The third kappa shape index (κ3) is 4.48. The topological polar surface area (TPSA) is 39.7 Å². The van der Waals surface area contributed by atoms with E-state index in [0.717, 1.165) is 24.3 Å². The van der Waals surface area contributed by atoms with Crippen molar-refractivity contribution < 1.29 is 14.2 Å². The molecule has 1 atom stereocenters. The van der Waals surface area contributed by atoms with Crippen LogP contribution in [-0.2, 0) is 6.54 Å². The lowest BCUT2D eigenvalue weighted by atomic mass is 10.1. The van der Waals surface area contributed by atoms with Gasteiger partial charge in [-0.3, -0.25) is 0 Å². The van der Waals surface area contributed by atoms with E-state index in [0.29, 0.717) is 17.5 Å². The smallest absolute Gasteiger partial charge is 0.203 e. The Morgan fingerprint density at radius 1 is 1.05 bits per heavy atom. The molecule has 0 heterocycles. The van der Waals surface area contributed by atoms with Gasteiger partial charge in [0, 0.05) is 18.2 Å². The Morgan fingerprint density at radius 2 is 1.68 bits per heavy atom. The molecule has 0 aliphatic carbocycles. The van der Waals surface area contributed by atoms with Crippen molar-refractivity contribution in [3.63, 3.8) is 0 Å². The normalized spacial score (nSPS) is 11.4. The molecule has 0 amide bonds. The van der Waals surface area contributed by atoms with Crippen molar-refractivity contribution >= 4 is 12.4 Å². The molecule has 0 saturated heterocycles. The minimum atomic E-state index is 0. The fourth-order valence-electron chi connectivity index (χ4n) is 1.73. The summed E-state index contributed by atoms with van der Waals surface area (Å²) in [4.78, 5) is 0. The fraction of sp³-hybridized carbons (Fsp3) is 0.571. The molecule has 0 radical (unpaired) electrons. The Bertz CT molecular complexity index is 385. The third-order valence-corrected chi connectivity index (χ3v) is 3.04. The number of hydrogen-bond donors (Lipinski definition) is 1. The lowest BCUT2D eigenvalue weighted by molar-refractivity contribution is 0.321. The van der Waals surface area contributed by atoms with Crippen LogP contribution in [-0.4, -0.2) is 27.4 Å². The first-order chi connectivity index (χ1) is 8.67. The third-order valence-electron chi connectivity index (χ3n) is 3.04. The summed E-state index contributed by atoms with van der Waals surface area (Å²) >= 11 is 0. The van der Waals surface area contributed by atoms with Crippen LogP contribution in [0, 0.1) is 0 Å². The van der Waals surface area contributed by atoms with Crippen molar-refractivity contribution in [1.29, 1.82) is 0 Å². The minimum absolute atomic E-state index is 0. The Morgan fingerprint density at radius 3 is 2.16 bits per heavy atom. The SMILES string of the molecule is CCC(C)NCc1ccc(OC)c(OC)c1OC.Cl. The summed E-state index contributed by atoms with van der Waals surface area (Å²) in [5.41, 5.74) is 1.07. The number of hydrogen-bond acceptors (Lipinski definition) is 4. The molecule has 0 saturated carbocycles. The maximum absolute atomic E-state index is 5.43. The van der Waals surface area contributed by atoms with Crippen LogP contribution in [0.1, 0.15) is 25.8 Å². The molecule has 1 aromatic rings. The van der Waals surface area contributed by atoms with E-state index in [1.54, 1.807) is 21.3 Å². The Balaban J connectivity index is 0.00000324. The van der Waals surface area contributed by atoms with Crippen molar-refractivity contribution in [1.82, 2.24) is 5.32 Å². The van der Waals surface area contributed by atoms with Crippen molar-refractivity contribution in [2.75, 3.05) is 21.3 Å². The van der Waals surface area contributed by atoms with Gasteiger partial charge in [-0.15, -0.1) is 12.4 Å². The Hall–Kier alpha value is -1.13. The lowest BCUT2D eigenvalue weighted by Gasteiger charge is -2.17. The average molecular weight is 290 g/mol. The van der Waals surface area contributed by atoms with Gasteiger partial charge in [-0.25, -0.2) is 0 Å². The van der Waals surface area contributed by atoms with E-state index in [4.69, 9.17) is 14.2 Å². The predicted molar refractivity (Wildman–Crippen MR) is 79.9 cm³/mol. The van der Waals surface area contributed by atoms with Crippen molar-refractivity contribution in [3.8, 4) is 17.2 Å². The zero-order valence-corrected chi connectivity index (χ0v) is 13.1. The van der Waals surface area contributed by atoms with Crippen molar-refractivity contribution in [2.45, 2.75) is 32.9 Å². The molecular formula is C14H24ClNO3. The van der Waals surface area contributed by atoms with Crippen LogP contribution in [0.5, 0.6) is 17.2 Å². The molecule has 0 aliphatic heterocycles. The van der Waals surface area contributed by atoms with E-state index in [9.17, 15) is 0 Å². The molecule has 110 valence electrons. The average Bonchev–Trinajstić information content (AvgIpc) is 2.43. The summed E-state index contributed by atoms with van der Waals surface area (Å²) < 4.78 is 16.0. The van der Waals surface area contributed by atoms with Gasteiger partial charge in [0.25, 0.3) is 0 Å². The molecule has 1 unspecified atom stereocenters. The van der Waals surface area contributed by atoms with Crippen molar-refractivity contribution in [3.05, 3.63) is 17.7 Å². The number of ether oxygens (including phenoxy) is 3. The van der Waals surface area contributed by atoms with Gasteiger partial charge < -0.3 is 19.5 Å². The maximum atomic E-state index is 5.43. The second kappa shape index (κ2) is 8.88. The highest BCUT2D eigenvalue weighted by Crippen LogP contribution is 2.39. The fourth-order valence-corrected chi connectivity index (χ4v) is 1.73. The number of rotatable bonds is 7. The van der Waals surface area contributed by atoms with Gasteiger partial charge in [0.2, 0.25) is 5.75 Å². The van der Waals surface area contributed by atoms with E-state index >= 15 is 0 Å². The van der Waals surface area contributed by atoms with Gasteiger partial charge >= 0.3 is 0 Å². The number of halogens is 1. The van der Waals surface area contributed by atoms with Gasteiger partial charge in [-0.2, -0.15) is 0 Å². The highest BCUT2D eigenvalue weighted by atomic mass is 35.5. The van der Waals surface area contributed by atoms with Gasteiger partial charge in [0.1, 0.15) is 0 Å². The first-order valence-electron chi connectivity index (χ1n) is 6.19. The summed E-state index contributed by atoms with van der Waals surface area (Å²) in [5.74, 6) is 2.05. The molecule has 4 nitrogen and oxygen atoms in total. The summed E-state index contributed by atoms with van der Waals surface area (Å²) in [6.45, 7) is 5.06. The lowest BCUT2D eigenvalue weighted by Crippen LogP contribution is -2.24. The monoisotopic (exact) mass is 289 g/mol. The van der Waals surface area contributed by atoms with E-state index in [1.807, 2.05) is 12.1 Å². The molecule has 5 heteroatoms. The van der Waals surface area contributed by atoms with E-state index in [2.05, 4.69) is 19.2 Å². The van der Waals surface area contributed by atoms with Gasteiger partial charge in [-0.05, 0) is 19.4 Å². The molecule has 1 aromatic carbocycles. The van der Waals surface area contributed by atoms with Crippen LogP contribution < -0.4 is 19.5 Å². The molecule has 1 N–H and O–H groups in total. The van der Waals surface area contributed by atoms with E-state index < -0.39 is 0 Å². The molecule has 0 aliphatic rings. The minimum Gasteiger partial charge on any atom is -0.493 e. The van der Waals surface area contributed by atoms with Crippen LogP contribution in [0.15, 0.2) is 12.1 Å². The zero-order valence-electron chi connectivity index (χ0n) is 12.3.